The van der Waals surface area contributed by atoms with Crippen molar-refractivity contribution in [2.45, 2.75) is 25.7 Å². The minimum absolute atomic E-state index is 0.263. The third kappa shape index (κ3) is 2.09. The summed E-state index contributed by atoms with van der Waals surface area (Å²) >= 11 is 3.33. The van der Waals surface area contributed by atoms with Gasteiger partial charge in [0, 0.05) is 33.7 Å². The van der Waals surface area contributed by atoms with E-state index in [2.05, 4.69) is 32.3 Å². The Kier molecular flexibility index (Phi) is 2.98. The number of nitrogens with zero attached hydrogens (tertiary/aromatic N) is 1. The standard InChI is InChI=1S/C14H14BrFN2/c1-2-17-13-7-12(8-3-4-8)18-14-10(13)5-9(15)6-11(14)16/h5-8H,2-4H2,1H3,(H,17,18). The van der Waals surface area contributed by atoms with Crippen molar-refractivity contribution < 1.29 is 4.39 Å². The van der Waals surface area contributed by atoms with Crippen molar-refractivity contribution in [2.75, 3.05) is 11.9 Å². The van der Waals surface area contributed by atoms with Crippen LogP contribution in [0, 0.1) is 5.82 Å². The molecule has 0 saturated heterocycles. The van der Waals surface area contributed by atoms with Crippen LogP contribution in [0.1, 0.15) is 31.4 Å². The molecule has 0 atom stereocenters. The van der Waals surface area contributed by atoms with Crippen LogP contribution in [0.25, 0.3) is 10.9 Å². The smallest absolute Gasteiger partial charge is 0.150 e. The van der Waals surface area contributed by atoms with Gasteiger partial charge in [-0.25, -0.2) is 9.37 Å². The lowest BCUT2D eigenvalue weighted by atomic mass is 10.1. The van der Waals surface area contributed by atoms with Crippen molar-refractivity contribution in [1.82, 2.24) is 4.98 Å². The van der Waals surface area contributed by atoms with Crippen molar-refractivity contribution in [3.05, 3.63) is 34.2 Å². The third-order valence-electron chi connectivity index (χ3n) is 3.21. The summed E-state index contributed by atoms with van der Waals surface area (Å²) in [5, 5.41) is 4.14. The van der Waals surface area contributed by atoms with Gasteiger partial charge < -0.3 is 5.32 Å². The zero-order valence-electron chi connectivity index (χ0n) is 10.1. The average Bonchev–Trinajstić information content (AvgIpc) is 3.14. The van der Waals surface area contributed by atoms with Gasteiger partial charge in [0.1, 0.15) is 5.52 Å². The number of hydrogen-bond acceptors (Lipinski definition) is 2. The number of halogens is 2. The summed E-state index contributed by atoms with van der Waals surface area (Å²) in [4.78, 5) is 4.48. The highest BCUT2D eigenvalue weighted by Gasteiger charge is 2.26. The molecular formula is C14H14BrFN2. The summed E-state index contributed by atoms with van der Waals surface area (Å²) in [5.41, 5.74) is 2.46. The Morgan fingerprint density at radius 3 is 2.83 bits per heavy atom. The largest absolute Gasteiger partial charge is 0.385 e. The second-order valence-corrected chi connectivity index (χ2v) is 5.60. The monoisotopic (exact) mass is 308 g/mol. The maximum Gasteiger partial charge on any atom is 0.150 e. The summed E-state index contributed by atoms with van der Waals surface area (Å²) < 4.78 is 14.8. The second-order valence-electron chi connectivity index (χ2n) is 4.68. The molecule has 2 nitrogen and oxygen atoms in total. The summed E-state index contributed by atoms with van der Waals surface area (Å²) in [7, 11) is 0. The molecule has 2 aromatic rings. The number of rotatable bonds is 3. The van der Waals surface area contributed by atoms with Crippen LogP contribution >= 0.6 is 15.9 Å². The SMILES string of the molecule is CCNc1cc(C2CC2)nc2c(F)cc(Br)cc12. The van der Waals surface area contributed by atoms with Gasteiger partial charge in [-0.1, -0.05) is 15.9 Å². The molecule has 0 unspecified atom stereocenters. The third-order valence-corrected chi connectivity index (χ3v) is 3.67. The number of aromatic nitrogens is 1. The van der Waals surface area contributed by atoms with Crippen molar-refractivity contribution in [3.8, 4) is 0 Å². The minimum Gasteiger partial charge on any atom is -0.385 e. The molecule has 94 valence electrons. The van der Waals surface area contributed by atoms with Gasteiger partial charge in [0.25, 0.3) is 0 Å². The number of nitrogens with one attached hydrogen (secondary N) is 1. The highest BCUT2D eigenvalue weighted by atomic mass is 79.9. The van der Waals surface area contributed by atoms with Gasteiger partial charge in [0.2, 0.25) is 0 Å². The molecule has 0 aliphatic heterocycles. The van der Waals surface area contributed by atoms with Crippen LogP contribution in [0.4, 0.5) is 10.1 Å². The van der Waals surface area contributed by atoms with Gasteiger partial charge in [-0.2, -0.15) is 0 Å². The maximum absolute atomic E-state index is 14.0. The van der Waals surface area contributed by atoms with Crippen LogP contribution in [-0.2, 0) is 0 Å². The molecule has 0 spiro atoms. The molecular weight excluding hydrogens is 295 g/mol. The van der Waals surface area contributed by atoms with Gasteiger partial charge >= 0.3 is 0 Å². The topological polar surface area (TPSA) is 24.9 Å². The Labute approximate surface area is 114 Å². The van der Waals surface area contributed by atoms with E-state index in [1.54, 1.807) is 0 Å². The first kappa shape index (κ1) is 11.9. The number of benzene rings is 1. The Morgan fingerprint density at radius 1 is 1.39 bits per heavy atom. The average molecular weight is 309 g/mol. The van der Waals surface area contributed by atoms with Crippen LogP contribution in [0.5, 0.6) is 0 Å². The molecule has 0 amide bonds. The fraction of sp³-hybridized carbons (Fsp3) is 0.357. The second kappa shape index (κ2) is 4.50. The summed E-state index contributed by atoms with van der Waals surface area (Å²) in [6.45, 7) is 2.86. The molecule has 4 heteroatoms. The normalized spacial score (nSPS) is 15.1. The van der Waals surface area contributed by atoms with Crippen molar-refractivity contribution in [2.24, 2.45) is 0 Å². The first-order valence-electron chi connectivity index (χ1n) is 6.22. The molecule has 1 aromatic carbocycles. The summed E-state index contributed by atoms with van der Waals surface area (Å²) in [5.74, 6) is 0.260. The van der Waals surface area contributed by atoms with E-state index in [1.165, 1.54) is 18.9 Å². The van der Waals surface area contributed by atoms with Gasteiger partial charge in [-0.05, 0) is 38.0 Å². The number of pyridine rings is 1. The quantitative estimate of drug-likeness (QED) is 0.906. The van der Waals surface area contributed by atoms with E-state index in [0.29, 0.717) is 11.4 Å². The van der Waals surface area contributed by atoms with Gasteiger partial charge in [-0.3, -0.25) is 0 Å². The van der Waals surface area contributed by atoms with Gasteiger partial charge in [-0.15, -0.1) is 0 Å². The highest BCUT2D eigenvalue weighted by Crippen LogP contribution is 2.41. The molecule has 1 fully saturated rings. The van der Waals surface area contributed by atoms with Crippen molar-refractivity contribution in [1.29, 1.82) is 0 Å². The molecule has 1 aromatic heterocycles. The van der Waals surface area contributed by atoms with E-state index in [4.69, 9.17) is 0 Å². The Morgan fingerprint density at radius 2 is 2.17 bits per heavy atom. The molecule has 1 N–H and O–H groups in total. The number of fused-ring (bicyclic) bond motifs is 1. The van der Waals surface area contributed by atoms with E-state index in [-0.39, 0.29) is 5.82 Å². The fourth-order valence-corrected chi connectivity index (χ4v) is 2.63. The molecule has 1 aliphatic carbocycles. The molecule has 0 bridgehead atoms. The first-order valence-corrected chi connectivity index (χ1v) is 7.02. The van der Waals surface area contributed by atoms with Gasteiger partial charge in [0.15, 0.2) is 5.82 Å². The highest BCUT2D eigenvalue weighted by molar-refractivity contribution is 9.10. The van der Waals surface area contributed by atoms with E-state index < -0.39 is 0 Å². The Hall–Kier alpha value is -1.16. The van der Waals surface area contributed by atoms with E-state index >= 15 is 0 Å². The number of anilines is 1. The predicted molar refractivity (Wildman–Crippen MR) is 75.5 cm³/mol. The Balaban J connectivity index is 2.26. The van der Waals surface area contributed by atoms with E-state index in [0.717, 1.165) is 27.8 Å². The lowest BCUT2D eigenvalue weighted by Gasteiger charge is -2.11. The van der Waals surface area contributed by atoms with E-state index in [9.17, 15) is 4.39 Å². The minimum atomic E-state index is -0.263. The lowest BCUT2D eigenvalue weighted by Crippen LogP contribution is -2.01. The fourth-order valence-electron chi connectivity index (χ4n) is 2.20. The van der Waals surface area contributed by atoms with Crippen LogP contribution < -0.4 is 5.32 Å². The predicted octanol–water partition coefficient (Wildman–Crippen LogP) is 4.45. The zero-order chi connectivity index (χ0) is 12.7. The molecule has 0 radical (unpaired) electrons. The Bertz CT molecular complexity index is 608. The van der Waals surface area contributed by atoms with Crippen molar-refractivity contribution >= 4 is 32.5 Å². The summed E-state index contributed by atoms with van der Waals surface area (Å²) in [6, 6.07) is 5.46. The van der Waals surface area contributed by atoms with Crippen LogP contribution in [0.3, 0.4) is 0 Å². The van der Waals surface area contributed by atoms with Gasteiger partial charge in [0.05, 0.1) is 0 Å². The molecule has 1 saturated carbocycles. The maximum atomic E-state index is 14.0. The van der Waals surface area contributed by atoms with E-state index in [1.807, 2.05) is 13.0 Å². The molecule has 3 rings (SSSR count). The van der Waals surface area contributed by atoms with Crippen LogP contribution in [0.2, 0.25) is 0 Å². The number of hydrogen-bond donors (Lipinski definition) is 1. The van der Waals surface area contributed by atoms with Crippen LogP contribution in [0.15, 0.2) is 22.7 Å². The van der Waals surface area contributed by atoms with Crippen molar-refractivity contribution in [3.63, 3.8) is 0 Å². The lowest BCUT2D eigenvalue weighted by molar-refractivity contribution is 0.635. The summed E-state index contributed by atoms with van der Waals surface area (Å²) in [6.07, 6.45) is 2.34. The first-order chi connectivity index (χ1) is 8.69. The molecule has 1 heterocycles. The van der Waals surface area contributed by atoms with Crippen LogP contribution in [-0.4, -0.2) is 11.5 Å². The zero-order valence-corrected chi connectivity index (χ0v) is 11.7. The molecule has 18 heavy (non-hydrogen) atoms. The molecule has 1 aliphatic rings.